The number of unbranched alkanes of at least 4 members (excludes halogenated alkanes) is 9. The van der Waals surface area contributed by atoms with Crippen molar-refractivity contribution < 1.29 is 49.4 Å². The second-order valence-electron chi connectivity index (χ2n) is 7.56. The summed E-state index contributed by atoms with van der Waals surface area (Å²) in [7, 11) is 0. The van der Waals surface area contributed by atoms with E-state index in [2.05, 4.69) is 24.2 Å². The molecular formula is C22H41N2NaO4. The summed E-state index contributed by atoms with van der Waals surface area (Å²) in [5.74, 6) is -1.24. The Morgan fingerprint density at radius 1 is 0.862 bits per heavy atom. The summed E-state index contributed by atoms with van der Waals surface area (Å²) in [5, 5.41) is 23.6. The zero-order chi connectivity index (χ0) is 21.0. The molecule has 0 bridgehead atoms. The van der Waals surface area contributed by atoms with E-state index in [9.17, 15) is 19.8 Å². The molecule has 2 N–H and O–H groups in total. The summed E-state index contributed by atoms with van der Waals surface area (Å²) < 4.78 is 0. The minimum absolute atomic E-state index is 0. The number of carbonyl (C=O) groups is 2. The van der Waals surface area contributed by atoms with E-state index in [-0.39, 0.29) is 41.4 Å². The first kappa shape index (κ1) is 30.6. The largest absolute Gasteiger partial charge is 1.00 e. The fraction of sp³-hybridized carbons (Fsp3) is 0.864. The summed E-state index contributed by atoms with van der Waals surface area (Å²) in [6.45, 7) is 4.74. The second kappa shape index (κ2) is 22.1. The molecule has 0 aliphatic rings. The van der Waals surface area contributed by atoms with Crippen molar-refractivity contribution in [1.29, 1.82) is 0 Å². The Morgan fingerprint density at radius 2 is 1.41 bits per heavy atom. The number of nitrogens with zero attached hydrogens (tertiary/aromatic N) is 1. The summed E-state index contributed by atoms with van der Waals surface area (Å²) in [6.07, 6.45) is 13.4. The number of hydrogen-bond acceptors (Lipinski definition) is 4. The van der Waals surface area contributed by atoms with E-state index < -0.39 is 12.0 Å². The van der Waals surface area contributed by atoms with E-state index in [0.717, 1.165) is 38.5 Å². The van der Waals surface area contributed by atoms with Crippen molar-refractivity contribution in [1.82, 2.24) is 5.32 Å². The van der Waals surface area contributed by atoms with Crippen LogP contribution in [-0.2, 0) is 9.59 Å². The van der Waals surface area contributed by atoms with Gasteiger partial charge in [-0.1, -0.05) is 65.2 Å². The van der Waals surface area contributed by atoms with Crippen molar-refractivity contribution in [2.24, 2.45) is 4.99 Å². The smallest absolute Gasteiger partial charge is 0.862 e. The van der Waals surface area contributed by atoms with Crippen LogP contribution in [0.5, 0.6) is 0 Å². The average Bonchev–Trinajstić information content (AvgIpc) is 2.66. The van der Waals surface area contributed by atoms with Gasteiger partial charge < -0.3 is 20.5 Å². The molecule has 0 heterocycles. The molecule has 0 saturated carbocycles. The van der Waals surface area contributed by atoms with Gasteiger partial charge in [0, 0.05) is 13.0 Å². The molecule has 0 aromatic carbocycles. The summed E-state index contributed by atoms with van der Waals surface area (Å²) >= 11 is 0. The van der Waals surface area contributed by atoms with Crippen molar-refractivity contribution in [3.8, 4) is 0 Å². The Balaban J connectivity index is 0. The molecule has 0 aliphatic heterocycles. The summed E-state index contributed by atoms with van der Waals surface area (Å²) in [5.41, 5.74) is 0. The van der Waals surface area contributed by atoms with Gasteiger partial charge in [0.25, 0.3) is 0 Å². The van der Waals surface area contributed by atoms with Crippen LogP contribution in [0, 0.1) is 0 Å². The zero-order valence-corrected chi connectivity index (χ0v) is 21.0. The van der Waals surface area contributed by atoms with Crippen molar-refractivity contribution in [2.45, 2.75) is 116 Å². The first-order chi connectivity index (χ1) is 13.5. The molecule has 29 heavy (non-hydrogen) atoms. The van der Waals surface area contributed by atoms with Gasteiger partial charge in [-0.25, -0.2) is 4.79 Å². The van der Waals surface area contributed by atoms with Gasteiger partial charge in [0.05, 0.1) is 0 Å². The van der Waals surface area contributed by atoms with Crippen LogP contribution < -0.4 is 40.0 Å². The van der Waals surface area contributed by atoms with E-state index in [1.54, 1.807) is 0 Å². The van der Waals surface area contributed by atoms with Gasteiger partial charge >= 0.3 is 35.5 Å². The molecule has 164 valence electrons. The number of nitrogens with one attached hydrogen (secondary N) is 1. The molecule has 0 unspecified atom stereocenters. The van der Waals surface area contributed by atoms with Crippen LogP contribution in [0.15, 0.2) is 4.99 Å². The van der Waals surface area contributed by atoms with Crippen molar-refractivity contribution in [3.63, 3.8) is 0 Å². The summed E-state index contributed by atoms with van der Waals surface area (Å²) in [4.78, 5) is 27.3. The Bertz CT molecular complexity index is 445. The van der Waals surface area contributed by atoms with Crippen LogP contribution in [0.1, 0.15) is 110 Å². The predicted molar refractivity (Wildman–Crippen MR) is 112 cm³/mol. The SMILES string of the molecule is CCCCCCCC(=O)N[C@@H](CCCCN=C([O-])CCCCCCC)C(=O)O.[Na+]. The molecule has 0 saturated heterocycles. The van der Waals surface area contributed by atoms with Gasteiger partial charge in [-0.05, 0) is 44.4 Å². The Labute approximate surface area is 199 Å². The van der Waals surface area contributed by atoms with Crippen LogP contribution >= 0.6 is 0 Å². The molecule has 0 radical (unpaired) electrons. The maximum Gasteiger partial charge on any atom is 1.00 e. The van der Waals surface area contributed by atoms with E-state index in [0.29, 0.717) is 38.6 Å². The molecular weight excluding hydrogens is 379 g/mol. The van der Waals surface area contributed by atoms with E-state index in [1.165, 1.54) is 25.7 Å². The van der Waals surface area contributed by atoms with E-state index in [1.807, 2.05) is 0 Å². The maximum atomic E-state index is 11.9. The van der Waals surface area contributed by atoms with Crippen molar-refractivity contribution in [2.75, 3.05) is 6.54 Å². The minimum atomic E-state index is -1.00. The van der Waals surface area contributed by atoms with Crippen molar-refractivity contribution >= 4 is 17.8 Å². The van der Waals surface area contributed by atoms with Gasteiger partial charge in [-0.3, -0.25) is 4.79 Å². The number of aliphatic imine (C=N–C) groups is 1. The number of aliphatic carboxylic acids is 1. The average molecular weight is 421 g/mol. The zero-order valence-electron chi connectivity index (χ0n) is 19.0. The molecule has 0 fully saturated rings. The number of carboxylic acid groups (broad SMARTS) is 1. The van der Waals surface area contributed by atoms with Gasteiger partial charge in [-0.2, -0.15) is 0 Å². The molecule has 0 aromatic heterocycles. The monoisotopic (exact) mass is 420 g/mol. The standard InChI is InChI=1S/C22H42N2O4.Na/c1-3-5-7-9-11-16-20(25)23-18-14-13-15-19(22(27)28)24-21(26)17-12-10-8-6-4-2;/h19H,3-18H2,1-2H3,(H,23,25)(H,24,26)(H,27,28);/q;+1/p-1/t19-;/m0./s1. The minimum Gasteiger partial charge on any atom is -0.862 e. The van der Waals surface area contributed by atoms with E-state index >= 15 is 0 Å². The number of carbonyl (C=O) groups excluding carboxylic acids is 1. The number of amides is 1. The van der Waals surface area contributed by atoms with Gasteiger partial charge in [0.1, 0.15) is 6.04 Å². The second-order valence-corrected chi connectivity index (χ2v) is 7.56. The first-order valence-corrected chi connectivity index (χ1v) is 11.2. The third-order valence-corrected chi connectivity index (χ3v) is 4.82. The van der Waals surface area contributed by atoms with E-state index in [4.69, 9.17) is 0 Å². The molecule has 6 nitrogen and oxygen atoms in total. The molecule has 0 aliphatic carbocycles. The van der Waals surface area contributed by atoms with Crippen LogP contribution in [0.4, 0.5) is 0 Å². The van der Waals surface area contributed by atoms with Crippen LogP contribution in [0.25, 0.3) is 0 Å². The van der Waals surface area contributed by atoms with Gasteiger partial charge in [-0.15, -0.1) is 0 Å². The third-order valence-electron chi connectivity index (χ3n) is 4.82. The Hall–Kier alpha value is -0.590. The summed E-state index contributed by atoms with van der Waals surface area (Å²) in [6, 6.07) is -0.850. The number of hydrogen-bond donors (Lipinski definition) is 2. The quantitative estimate of drug-likeness (QED) is 0.142. The fourth-order valence-electron chi connectivity index (χ4n) is 3.04. The van der Waals surface area contributed by atoms with Crippen LogP contribution in [0.2, 0.25) is 0 Å². The molecule has 0 spiro atoms. The molecule has 1 amide bonds. The molecule has 7 heteroatoms. The van der Waals surface area contributed by atoms with Crippen molar-refractivity contribution in [3.05, 3.63) is 0 Å². The van der Waals surface area contributed by atoms with Gasteiger partial charge in [0.15, 0.2) is 0 Å². The number of rotatable bonds is 19. The maximum absolute atomic E-state index is 11.9. The predicted octanol–water partition coefficient (Wildman–Crippen LogP) is 1.21. The normalized spacial score (nSPS) is 12.3. The van der Waals surface area contributed by atoms with Gasteiger partial charge in [0.2, 0.25) is 5.91 Å². The molecule has 1 atom stereocenters. The Morgan fingerprint density at radius 3 is 1.97 bits per heavy atom. The van der Waals surface area contributed by atoms with Crippen LogP contribution in [0.3, 0.4) is 0 Å². The van der Waals surface area contributed by atoms with Crippen LogP contribution in [-0.4, -0.2) is 35.5 Å². The molecule has 0 rings (SSSR count). The first-order valence-electron chi connectivity index (χ1n) is 11.2. The fourth-order valence-corrected chi connectivity index (χ4v) is 3.04. The number of carboxylic acids is 1. The molecule has 0 aromatic rings. The third kappa shape index (κ3) is 20.5. The Kier molecular flexibility index (Phi) is 23.3. The topological polar surface area (TPSA) is 102 Å².